The number of hydrogen-bond acceptors (Lipinski definition) is 9. The van der Waals surface area contributed by atoms with E-state index in [0.717, 1.165) is 16.7 Å². The number of aryl methyl sites for hydroxylation is 1. The lowest BCUT2D eigenvalue weighted by atomic mass is 9.95. The monoisotopic (exact) mass is 533 g/mol. The van der Waals surface area contributed by atoms with Gasteiger partial charge >= 0.3 is 5.69 Å². The van der Waals surface area contributed by atoms with E-state index in [1.807, 2.05) is 12.1 Å². The van der Waals surface area contributed by atoms with Crippen molar-refractivity contribution in [3.05, 3.63) is 90.6 Å². The van der Waals surface area contributed by atoms with E-state index in [1.165, 1.54) is 23.9 Å². The molecule has 39 heavy (non-hydrogen) atoms. The van der Waals surface area contributed by atoms with Crippen LogP contribution in [-0.4, -0.2) is 53.0 Å². The second-order valence-corrected chi connectivity index (χ2v) is 8.94. The highest BCUT2D eigenvalue weighted by Gasteiger charge is 2.30. The Balaban J connectivity index is 1.68. The maximum Gasteiger partial charge on any atom is 0.328 e. The van der Waals surface area contributed by atoms with Gasteiger partial charge in [-0.15, -0.1) is 5.10 Å². The summed E-state index contributed by atoms with van der Waals surface area (Å²) >= 11 is 0. The zero-order chi connectivity index (χ0) is 27.7. The van der Waals surface area contributed by atoms with E-state index in [2.05, 4.69) is 15.3 Å². The Morgan fingerprint density at radius 1 is 0.949 bits per heavy atom. The van der Waals surface area contributed by atoms with Crippen LogP contribution in [0.25, 0.3) is 11.1 Å². The minimum absolute atomic E-state index is 0.112. The van der Waals surface area contributed by atoms with Gasteiger partial charge in [0.25, 0.3) is 5.56 Å². The fourth-order valence-corrected chi connectivity index (χ4v) is 5.00. The second kappa shape index (κ2) is 10.5. The van der Waals surface area contributed by atoms with Crippen LogP contribution in [0.4, 0.5) is 0 Å². The van der Waals surface area contributed by atoms with Gasteiger partial charge < -0.3 is 18.9 Å². The van der Waals surface area contributed by atoms with Crippen LogP contribution in [-0.2, 0) is 13.0 Å². The maximum atomic E-state index is 13.1. The van der Waals surface area contributed by atoms with Crippen molar-refractivity contribution in [2.45, 2.75) is 25.4 Å². The molecule has 1 N–H and O–H groups in total. The van der Waals surface area contributed by atoms with Crippen molar-refractivity contribution in [2.24, 2.45) is 0 Å². The normalized spacial score (nSPS) is 14.1. The number of nitrogens with one attached hydrogen (secondary N) is 1. The van der Waals surface area contributed by atoms with E-state index in [-0.39, 0.29) is 23.8 Å². The maximum absolute atomic E-state index is 13.1. The summed E-state index contributed by atoms with van der Waals surface area (Å²) in [6.45, 7) is 0.112. The molecule has 0 saturated heterocycles. The van der Waals surface area contributed by atoms with Crippen molar-refractivity contribution >= 4 is 0 Å². The van der Waals surface area contributed by atoms with Gasteiger partial charge in [-0.05, 0) is 47.7 Å². The molecule has 4 aromatic rings. The van der Waals surface area contributed by atoms with Crippen LogP contribution in [0, 0.1) is 0 Å². The Kier molecular flexibility index (Phi) is 6.92. The third-order valence-corrected chi connectivity index (χ3v) is 6.80. The van der Waals surface area contributed by atoms with Gasteiger partial charge in [0.1, 0.15) is 5.69 Å². The van der Waals surface area contributed by atoms with Crippen LogP contribution < -0.4 is 35.6 Å². The molecule has 1 atom stereocenters. The standard InChI is InChI=1S/C27H27N5O7/c1-36-21-8-6-17-18(12-20(21)33)19(7-5-15-11-22(37-2)25(38-3)26(39-4)24(15)17)32-14-16(29-30-32)13-31-10-9-23(34)28-27(31)35/h6,8-12,14,19H,5,7,13H2,1-4H3,(H,28,34,35)/t19-/m0/s1. The molecule has 1 aliphatic rings. The van der Waals surface area contributed by atoms with Crippen molar-refractivity contribution in [3.63, 3.8) is 0 Å². The quantitative estimate of drug-likeness (QED) is 0.376. The van der Waals surface area contributed by atoms with Crippen molar-refractivity contribution in [1.29, 1.82) is 0 Å². The van der Waals surface area contributed by atoms with Gasteiger partial charge in [0.05, 0.1) is 47.2 Å². The molecule has 202 valence electrons. The minimum Gasteiger partial charge on any atom is -0.493 e. The molecule has 0 spiro atoms. The molecule has 12 heteroatoms. The van der Waals surface area contributed by atoms with E-state index >= 15 is 0 Å². The molecule has 0 fully saturated rings. The fraction of sp³-hybridized carbons (Fsp3) is 0.296. The van der Waals surface area contributed by atoms with Gasteiger partial charge in [0.15, 0.2) is 17.2 Å². The summed E-state index contributed by atoms with van der Waals surface area (Å²) in [5, 5.41) is 8.61. The number of aromatic nitrogens is 5. The first-order valence-corrected chi connectivity index (χ1v) is 12.1. The predicted octanol–water partition coefficient (Wildman–Crippen LogP) is 1.77. The van der Waals surface area contributed by atoms with Crippen LogP contribution in [0.15, 0.2) is 57.1 Å². The lowest BCUT2D eigenvalue weighted by Gasteiger charge is -2.19. The third-order valence-electron chi connectivity index (χ3n) is 6.80. The van der Waals surface area contributed by atoms with Crippen molar-refractivity contribution < 1.29 is 18.9 Å². The highest BCUT2D eigenvalue weighted by molar-refractivity contribution is 5.82. The second-order valence-electron chi connectivity index (χ2n) is 8.94. The largest absolute Gasteiger partial charge is 0.493 e. The molecule has 2 heterocycles. The molecule has 5 rings (SSSR count). The number of nitrogens with zero attached hydrogens (tertiary/aromatic N) is 4. The first kappa shape index (κ1) is 25.8. The highest BCUT2D eigenvalue weighted by Crippen LogP contribution is 2.50. The summed E-state index contributed by atoms with van der Waals surface area (Å²) < 4.78 is 25.4. The van der Waals surface area contributed by atoms with E-state index in [0.29, 0.717) is 41.3 Å². The number of fused-ring (bicyclic) bond motifs is 3. The minimum atomic E-state index is -0.544. The number of ether oxygens (including phenoxy) is 4. The number of rotatable bonds is 7. The van der Waals surface area contributed by atoms with E-state index < -0.39 is 11.2 Å². The van der Waals surface area contributed by atoms with Gasteiger partial charge in [0, 0.05) is 17.8 Å². The smallest absolute Gasteiger partial charge is 0.328 e. The SMILES string of the molecule is COc1cc2c(c(OC)c1OC)-c1ccc(OC)c(=O)cc1[C@@H](n1cc(Cn3ccc(=O)[nH]c3=O)nn1)CC2. The average molecular weight is 534 g/mol. The van der Waals surface area contributed by atoms with Crippen LogP contribution in [0.2, 0.25) is 0 Å². The molecule has 2 aromatic carbocycles. The van der Waals surface area contributed by atoms with Crippen LogP contribution in [0.3, 0.4) is 0 Å². The molecular weight excluding hydrogens is 506 g/mol. The molecule has 0 amide bonds. The van der Waals surface area contributed by atoms with Gasteiger partial charge in [-0.25, -0.2) is 9.48 Å². The summed E-state index contributed by atoms with van der Waals surface area (Å²) in [5.74, 6) is 1.66. The fourth-order valence-electron chi connectivity index (χ4n) is 5.00. The molecule has 0 unspecified atom stereocenters. The number of methoxy groups -OCH3 is 4. The number of H-pyrrole nitrogens is 1. The van der Waals surface area contributed by atoms with E-state index in [1.54, 1.807) is 44.3 Å². The zero-order valence-electron chi connectivity index (χ0n) is 21.9. The Morgan fingerprint density at radius 3 is 2.41 bits per heavy atom. The Bertz CT molecular complexity index is 1720. The van der Waals surface area contributed by atoms with Gasteiger partial charge in [0.2, 0.25) is 11.2 Å². The number of hydrogen-bond donors (Lipinski definition) is 1. The Labute approximate surface area is 222 Å². The molecule has 1 aliphatic carbocycles. The first-order valence-electron chi connectivity index (χ1n) is 12.1. The summed E-state index contributed by atoms with van der Waals surface area (Å²) in [7, 11) is 6.12. The highest BCUT2D eigenvalue weighted by atomic mass is 16.5. The third kappa shape index (κ3) is 4.65. The van der Waals surface area contributed by atoms with Crippen molar-refractivity contribution in [2.75, 3.05) is 28.4 Å². The molecule has 0 saturated carbocycles. The summed E-state index contributed by atoms with van der Waals surface area (Å²) in [6, 6.07) is 7.83. The number of benzene rings is 1. The average Bonchev–Trinajstić information content (AvgIpc) is 3.25. The van der Waals surface area contributed by atoms with Gasteiger partial charge in [-0.1, -0.05) is 11.3 Å². The van der Waals surface area contributed by atoms with Crippen molar-refractivity contribution in [1.82, 2.24) is 24.5 Å². The van der Waals surface area contributed by atoms with Crippen LogP contribution >= 0.6 is 0 Å². The van der Waals surface area contributed by atoms with Gasteiger partial charge in [-0.2, -0.15) is 0 Å². The Hall–Kier alpha value is -4.87. The van der Waals surface area contributed by atoms with E-state index in [4.69, 9.17) is 18.9 Å². The lowest BCUT2D eigenvalue weighted by Crippen LogP contribution is -2.28. The van der Waals surface area contributed by atoms with E-state index in [9.17, 15) is 14.4 Å². The first-order chi connectivity index (χ1) is 18.9. The molecule has 12 nitrogen and oxygen atoms in total. The summed E-state index contributed by atoms with van der Waals surface area (Å²) in [5.41, 5.74) is 2.38. The summed E-state index contributed by atoms with van der Waals surface area (Å²) in [6.07, 6.45) is 4.32. The van der Waals surface area contributed by atoms with Crippen LogP contribution in [0.1, 0.15) is 29.3 Å². The van der Waals surface area contributed by atoms with Crippen molar-refractivity contribution in [3.8, 4) is 34.1 Å². The molecule has 2 aromatic heterocycles. The summed E-state index contributed by atoms with van der Waals surface area (Å²) in [4.78, 5) is 38.9. The topological polar surface area (TPSA) is 140 Å². The molecule has 0 radical (unpaired) electrons. The molecule has 0 aliphatic heterocycles. The lowest BCUT2D eigenvalue weighted by molar-refractivity contribution is 0.324. The van der Waals surface area contributed by atoms with Crippen LogP contribution in [0.5, 0.6) is 23.0 Å². The molecule has 0 bridgehead atoms. The zero-order valence-corrected chi connectivity index (χ0v) is 21.9. The van der Waals surface area contributed by atoms with Gasteiger partial charge in [-0.3, -0.25) is 19.1 Å². The Morgan fingerprint density at radius 2 is 1.72 bits per heavy atom. The number of aromatic amines is 1. The predicted molar refractivity (Wildman–Crippen MR) is 141 cm³/mol. The molecular formula is C27H27N5O7.